The van der Waals surface area contributed by atoms with Gasteiger partial charge in [0.15, 0.2) is 0 Å². The Morgan fingerprint density at radius 3 is 3.00 bits per heavy atom. The van der Waals surface area contributed by atoms with E-state index in [0.29, 0.717) is 29.8 Å². The Hall–Kier alpha value is -0.360. The maximum Gasteiger partial charge on any atom is 0.0897 e. The number of rotatable bonds is 9. The van der Waals surface area contributed by atoms with E-state index in [-0.39, 0.29) is 6.10 Å². The summed E-state index contributed by atoms with van der Waals surface area (Å²) >= 11 is 12.0. The number of aliphatic hydroxyl groups is 1. The van der Waals surface area contributed by atoms with Gasteiger partial charge < -0.3 is 19.9 Å². The molecule has 4 nitrogen and oxygen atoms in total. The van der Waals surface area contributed by atoms with Gasteiger partial charge in [0.25, 0.3) is 0 Å². The molecule has 22 heavy (non-hydrogen) atoms. The molecular weight excluding hydrogens is 325 g/mol. The molecule has 2 atom stereocenters. The molecule has 1 aliphatic heterocycles. The quantitative estimate of drug-likeness (QED) is 0.674. The average molecular weight is 348 g/mol. The summed E-state index contributed by atoms with van der Waals surface area (Å²) in [7, 11) is 0. The minimum absolute atomic E-state index is 0.201. The number of ether oxygens (including phenoxy) is 2. The van der Waals surface area contributed by atoms with Gasteiger partial charge in [-0.05, 0) is 43.5 Å². The van der Waals surface area contributed by atoms with Crippen LogP contribution in [0.4, 0.5) is 0 Å². The summed E-state index contributed by atoms with van der Waals surface area (Å²) in [6, 6.07) is 5.50. The van der Waals surface area contributed by atoms with Crippen molar-refractivity contribution in [1.82, 2.24) is 5.32 Å². The highest BCUT2D eigenvalue weighted by Crippen LogP contribution is 2.21. The van der Waals surface area contributed by atoms with Crippen LogP contribution in [0.1, 0.15) is 18.4 Å². The van der Waals surface area contributed by atoms with Crippen molar-refractivity contribution < 1.29 is 14.6 Å². The molecule has 2 N–H and O–H groups in total. The average Bonchev–Trinajstić information content (AvgIpc) is 2.99. The standard InChI is InChI=1S/C16H23Cl2NO3/c17-13-4-3-12(16(18)8-13)5-6-19-9-14(20)10-21-11-15-2-1-7-22-15/h3-4,8,14-15,19-20H,1-2,5-7,9-11H2. The number of aliphatic hydroxyl groups excluding tert-OH is 1. The molecule has 1 fully saturated rings. The fraction of sp³-hybridized carbons (Fsp3) is 0.625. The van der Waals surface area contributed by atoms with E-state index in [4.69, 9.17) is 32.7 Å². The summed E-state index contributed by atoms with van der Waals surface area (Å²) < 4.78 is 10.9. The number of benzene rings is 1. The van der Waals surface area contributed by atoms with Gasteiger partial charge in [0.1, 0.15) is 0 Å². The van der Waals surface area contributed by atoms with Gasteiger partial charge >= 0.3 is 0 Å². The molecule has 2 unspecified atom stereocenters. The first kappa shape index (κ1) is 18.0. The van der Waals surface area contributed by atoms with Crippen molar-refractivity contribution in [1.29, 1.82) is 0 Å². The number of nitrogens with one attached hydrogen (secondary N) is 1. The zero-order valence-corrected chi connectivity index (χ0v) is 14.1. The van der Waals surface area contributed by atoms with Gasteiger partial charge in [-0.15, -0.1) is 0 Å². The highest BCUT2D eigenvalue weighted by Gasteiger charge is 2.16. The summed E-state index contributed by atoms with van der Waals surface area (Å²) in [4.78, 5) is 0. The van der Waals surface area contributed by atoms with E-state index < -0.39 is 6.10 Å². The fourth-order valence-corrected chi connectivity index (χ4v) is 2.89. The van der Waals surface area contributed by atoms with E-state index in [1.807, 2.05) is 12.1 Å². The van der Waals surface area contributed by atoms with Crippen molar-refractivity contribution in [3.05, 3.63) is 33.8 Å². The van der Waals surface area contributed by atoms with Gasteiger partial charge in [0.05, 0.1) is 25.4 Å². The maximum atomic E-state index is 9.84. The lowest BCUT2D eigenvalue weighted by molar-refractivity contribution is -0.0163. The molecule has 0 bridgehead atoms. The molecule has 6 heteroatoms. The Bertz CT molecular complexity index is 453. The van der Waals surface area contributed by atoms with Crippen molar-refractivity contribution in [3.63, 3.8) is 0 Å². The minimum Gasteiger partial charge on any atom is -0.389 e. The lowest BCUT2D eigenvalue weighted by atomic mass is 10.1. The molecule has 0 spiro atoms. The maximum absolute atomic E-state index is 9.84. The third-order valence-electron chi connectivity index (χ3n) is 3.60. The zero-order chi connectivity index (χ0) is 15.8. The van der Waals surface area contributed by atoms with Crippen LogP contribution in [-0.2, 0) is 15.9 Å². The van der Waals surface area contributed by atoms with E-state index in [9.17, 15) is 5.11 Å². The van der Waals surface area contributed by atoms with E-state index in [1.165, 1.54) is 0 Å². The van der Waals surface area contributed by atoms with Crippen LogP contribution < -0.4 is 5.32 Å². The normalized spacial score (nSPS) is 19.5. The summed E-state index contributed by atoms with van der Waals surface area (Å²) in [5.41, 5.74) is 1.04. The first-order valence-corrected chi connectivity index (χ1v) is 8.43. The van der Waals surface area contributed by atoms with Crippen molar-refractivity contribution in [3.8, 4) is 0 Å². The topological polar surface area (TPSA) is 50.7 Å². The van der Waals surface area contributed by atoms with Crippen LogP contribution in [0.5, 0.6) is 0 Å². The third-order valence-corrected chi connectivity index (χ3v) is 4.19. The molecule has 1 aromatic carbocycles. The molecule has 0 aliphatic carbocycles. The number of hydrogen-bond donors (Lipinski definition) is 2. The van der Waals surface area contributed by atoms with Crippen LogP contribution in [0, 0.1) is 0 Å². The monoisotopic (exact) mass is 347 g/mol. The van der Waals surface area contributed by atoms with Crippen LogP contribution in [0.25, 0.3) is 0 Å². The molecule has 2 rings (SSSR count). The van der Waals surface area contributed by atoms with Crippen LogP contribution >= 0.6 is 23.2 Å². The summed E-state index contributed by atoms with van der Waals surface area (Å²) in [5, 5.41) is 14.4. The van der Waals surface area contributed by atoms with Crippen molar-refractivity contribution >= 4 is 23.2 Å². The van der Waals surface area contributed by atoms with Gasteiger partial charge in [-0.2, -0.15) is 0 Å². The van der Waals surface area contributed by atoms with Gasteiger partial charge in [-0.3, -0.25) is 0 Å². The van der Waals surface area contributed by atoms with E-state index in [1.54, 1.807) is 6.07 Å². The van der Waals surface area contributed by atoms with E-state index in [0.717, 1.165) is 38.0 Å². The summed E-state index contributed by atoms with van der Waals surface area (Å²) in [6.45, 7) is 2.96. The van der Waals surface area contributed by atoms with Crippen molar-refractivity contribution in [2.75, 3.05) is 32.9 Å². The van der Waals surface area contributed by atoms with Crippen LogP contribution in [0.2, 0.25) is 10.0 Å². The smallest absolute Gasteiger partial charge is 0.0897 e. The third kappa shape index (κ3) is 6.41. The predicted octanol–water partition coefficient (Wildman–Crippen LogP) is 2.68. The fourth-order valence-electron chi connectivity index (χ4n) is 2.39. The minimum atomic E-state index is -0.512. The lowest BCUT2D eigenvalue weighted by Crippen LogP contribution is -2.32. The molecule has 124 valence electrons. The van der Waals surface area contributed by atoms with E-state index in [2.05, 4.69) is 5.32 Å². The summed E-state index contributed by atoms with van der Waals surface area (Å²) in [5.74, 6) is 0. The molecule has 0 radical (unpaired) electrons. The second-order valence-corrected chi connectivity index (χ2v) is 6.36. The Morgan fingerprint density at radius 2 is 2.27 bits per heavy atom. The van der Waals surface area contributed by atoms with Crippen molar-refractivity contribution in [2.24, 2.45) is 0 Å². The molecule has 1 aromatic rings. The molecule has 0 aromatic heterocycles. The van der Waals surface area contributed by atoms with Crippen LogP contribution in [0.15, 0.2) is 18.2 Å². The summed E-state index contributed by atoms with van der Waals surface area (Å²) in [6.07, 6.45) is 2.63. The Balaban J connectivity index is 1.53. The predicted molar refractivity (Wildman–Crippen MR) is 88.8 cm³/mol. The van der Waals surface area contributed by atoms with Gasteiger partial charge in [-0.25, -0.2) is 0 Å². The van der Waals surface area contributed by atoms with Gasteiger partial charge in [0.2, 0.25) is 0 Å². The zero-order valence-electron chi connectivity index (χ0n) is 12.6. The molecular formula is C16H23Cl2NO3. The SMILES string of the molecule is OC(CNCCc1ccc(Cl)cc1Cl)COCC1CCCO1. The molecule has 1 aliphatic rings. The highest BCUT2D eigenvalue weighted by atomic mass is 35.5. The highest BCUT2D eigenvalue weighted by molar-refractivity contribution is 6.35. The number of halogens is 2. The second kappa shape index (κ2) is 9.71. The largest absolute Gasteiger partial charge is 0.389 e. The Kier molecular flexibility index (Phi) is 7.94. The second-order valence-electron chi connectivity index (χ2n) is 5.52. The van der Waals surface area contributed by atoms with E-state index >= 15 is 0 Å². The Morgan fingerprint density at radius 1 is 1.41 bits per heavy atom. The number of hydrogen-bond acceptors (Lipinski definition) is 4. The van der Waals surface area contributed by atoms with Crippen molar-refractivity contribution in [2.45, 2.75) is 31.5 Å². The first-order chi connectivity index (χ1) is 10.6. The van der Waals surface area contributed by atoms with Gasteiger partial charge in [-0.1, -0.05) is 29.3 Å². The van der Waals surface area contributed by atoms with Crippen LogP contribution in [0.3, 0.4) is 0 Å². The lowest BCUT2D eigenvalue weighted by Gasteiger charge is -2.14. The Labute approximate surface area is 141 Å². The first-order valence-electron chi connectivity index (χ1n) is 7.67. The molecule has 1 saturated heterocycles. The molecule has 1 heterocycles. The van der Waals surface area contributed by atoms with Crippen LogP contribution in [-0.4, -0.2) is 50.2 Å². The van der Waals surface area contributed by atoms with Gasteiger partial charge in [0, 0.05) is 23.2 Å². The molecule has 0 saturated carbocycles. The molecule has 0 amide bonds.